The van der Waals surface area contributed by atoms with Gasteiger partial charge in [0.1, 0.15) is 17.5 Å². The lowest BCUT2D eigenvalue weighted by Gasteiger charge is -2.07. The fourth-order valence-corrected chi connectivity index (χ4v) is 1.39. The van der Waals surface area contributed by atoms with Gasteiger partial charge in [-0.25, -0.2) is 4.98 Å². The van der Waals surface area contributed by atoms with Gasteiger partial charge in [-0.3, -0.25) is 10.3 Å². The topological polar surface area (TPSA) is 78.3 Å². The van der Waals surface area contributed by atoms with Crippen molar-refractivity contribution in [3.63, 3.8) is 0 Å². The SMILES string of the molecule is CC(O)NCc1cnc2cccc(O)c2n1. The lowest BCUT2D eigenvalue weighted by molar-refractivity contribution is 0.154. The molecule has 0 spiro atoms. The summed E-state index contributed by atoms with van der Waals surface area (Å²) in [5.74, 6) is 0.115. The van der Waals surface area contributed by atoms with Crippen LogP contribution in [0.5, 0.6) is 5.75 Å². The zero-order valence-electron chi connectivity index (χ0n) is 8.88. The van der Waals surface area contributed by atoms with Crippen LogP contribution in [0.4, 0.5) is 0 Å². The van der Waals surface area contributed by atoms with E-state index >= 15 is 0 Å². The van der Waals surface area contributed by atoms with Gasteiger partial charge >= 0.3 is 0 Å². The number of aliphatic hydroxyl groups is 1. The number of hydrogen-bond acceptors (Lipinski definition) is 5. The highest BCUT2D eigenvalue weighted by Crippen LogP contribution is 2.20. The number of rotatable bonds is 3. The molecule has 5 nitrogen and oxygen atoms in total. The van der Waals surface area contributed by atoms with Gasteiger partial charge < -0.3 is 10.2 Å². The number of benzene rings is 1. The van der Waals surface area contributed by atoms with Gasteiger partial charge in [-0.1, -0.05) is 6.07 Å². The van der Waals surface area contributed by atoms with E-state index in [2.05, 4.69) is 15.3 Å². The number of aliphatic hydroxyl groups excluding tert-OH is 1. The Bertz CT molecular complexity index is 500. The Balaban J connectivity index is 2.32. The highest BCUT2D eigenvalue weighted by molar-refractivity contribution is 5.80. The van der Waals surface area contributed by atoms with E-state index in [1.807, 2.05) is 0 Å². The molecule has 84 valence electrons. The number of nitrogens with zero attached hydrogens (tertiary/aromatic N) is 2. The van der Waals surface area contributed by atoms with Crippen LogP contribution in [0.3, 0.4) is 0 Å². The van der Waals surface area contributed by atoms with Crippen LogP contribution in [0.25, 0.3) is 11.0 Å². The summed E-state index contributed by atoms with van der Waals surface area (Å²) in [6.45, 7) is 2.04. The maximum atomic E-state index is 9.60. The third-order valence-electron chi connectivity index (χ3n) is 2.18. The zero-order chi connectivity index (χ0) is 11.5. The van der Waals surface area contributed by atoms with Crippen LogP contribution in [-0.2, 0) is 6.54 Å². The molecule has 16 heavy (non-hydrogen) atoms. The Labute approximate surface area is 92.8 Å². The van der Waals surface area contributed by atoms with Crippen molar-refractivity contribution in [3.8, 4) is 5.75 Å². The number of phenolic OH excluding ortho intramolecular Hbond substituents is 1. The monoisotopic (exact) mass is 219 g/mol. The molecule has 1 atom stereocenters. The number of aromatic nitrogens is 2. The third kappa shape index (κ3) is 2.26. The molecule has 0 radical (unpaired) electrons. The van der Waals surface area contributed by atoms with Crippen molar-refractivity contribution >= 4 is 11.0 Å². The molecule has 0 aliphatic rings. The van der Waals surface area contributed by atoms with Crippen molar-refractivity contribution in [2.45, 2.75) is 19.7 Å². The van der Waals surface area contributed by atoms with Crippen LogP contribution in [0.15, 0.2) is 24.4 Å². The lowest BCUT2D eigenvalue weighted by Crippen LogP contribution is -2.25. The number of phenols is 1. The number of fused-ring (bicyclic) bond motifs is 1. The van der Waals surface area contributed by atoms with Gasteiger partial charge in [-0.05, 0) is 19.1 Å². The molecule has 2 rings (SSSR count). The molecule has 0 aliphatic carbocycles. The third-order valence-corrected chi connectivity index (χ3v) is 2.18. The van der Waals surface area contributed by atoms with E-state index in [0.29, 0.717) is 23.3 Å². The van der Waals surface area contributed by atoms with E-state index in [9.17, 15) is 5.11 Å². The smallest absolute Gasteiger partial charge is 0.143 e. The normalized spacial score (nSPS) is 12.9. The molecule has 0 saturated carbocycles. The standard InChI is InChI=1S/C11H13N3O2/c1-7(15)12-5-8-6-13-9-3-2-4-10(16)11(9)14-8/h2-4,6-7,12,15-16H,5H2,1H3. The summed E-state index contributed by atoms with van der Waals surface area (Å²) in [5, 5.41) is 21.5. The van der Waals surface area contributed by atoms with Crippen molar-refractivity contribution in [1.29, 1.82) is 0 Å². The van der Waals surface area contributed by atoms with Gasteiger partial charge in [0.05, 0.1) is 17.4 Å². The second kappa shape index (κ2) is 4.42. The van der Waals surface area contributed by atoms with Crippen molar-refractivity contribution < 1.29 is 10.2 Å². The Kier molecular flexibility index (Phi) is 2.98. The van der Waals surface area contributed by atoms with E-state index in [0.717, 1.165) is 0 Å². The summed E-state index contributed by atoms with van der Waals surface area (Å²) in [6.07, 6.45) is 1.03. The zero-order valence-corrected chi connectivity index (χ0v) is 8.88. The fourth-order valence-electron chi connectivity index (χ4n) is 1.39. The average Bonchev–Trinajstić information content (AvgIpc) is 2.27. The first kappa shape index (κ1) is 10.8. The van der Waals surface area contributed by atoms with Crippen LogP contribution in [-0.4, -0.2) is 26.4 Å². The summed E-state index contributed by atoms with van der Waals surface area (Å²) < 4.78 is 0. The average molecular weight is 219 g/mol. The predicted octanol–water partition coefficient (Wildman–Crippen LogP) is 0.763. The largest absolute Gasteiger partial charge is 0.506 e. The second-order valence-electron chi connectivity index (χ2n) is 3.56. The molecule has 0 bridgehead atoms. The van der Waals surface area contributed by atoms with Crippen molar-refractivity contribution in [2.24, 2.45) is 0 Å². The summed E-state index contributed by atoms with van der Waals surface area (Å²) in [4.78, 5) is 8.44. The van der Waals surface area contributed by atoms with Gasteiger partial charge in [-0.15, -0.1) is 0 Å². The Morgan fingerprint density at radius 2 is 2.25 bits per heavy atom. The highest BCUT2D eigenvalue weighted by Gasteiger charge is 2.04. The first-order valence-electron chi connectivity index (χ1n) is 5.02. The van der Waals surface area contributed by atoms with Crippen LogP contribution in [0.1, 0.15) is 12.6 Å². The predicted molar refractivity (Wildman–Crippen MR) is 59.7 cm³/mol. The minimum atomic E-state index is -0.595. The van der Waals surface area contributed by atoms with Crippen LogP contribution in [0, 0.1) is 0 Å². The van der Waals surface area contributed by atoms with Gasteiger partial charge in [0.15, 0.2) is 0 Å². The van der Waals surface area contributed by atoms with Crippen LogP contribution >= 0.6 is 0 Å². The molecule has 2 aromatic rings. The molecule has 1 unspecified atom stereocenters. The molecular weight excluding hydrogens is 206 g/mol. The number of para-hydroxylation sites is 1. The first-order valence-corrected chi connectivity index (χ1v) is 5.02. The summed E-state index contributed by atoms with van der Waals surface area (Å²) in [6, 6.07) is 5.08. The minimum absolute atomic E-state index is 0.115. The number of aromatic hydroxyl groups is 1. The number of nitrogens with one attached hydrogen (secondary N) is 1. The first-order chi connectivity index (χ1) is 7.66. The van der Waals surface area contributed by atoms with E-state index in [1.54, 1.807) is 31.3 Å². The summed E-state index contributed by atoms with van der Waals surface area (Å²) in [5.41, 5.74) is 1.81. The molecule has 5 heteroatoms. The van der Waals surface area contributed by atoms with Gasteiger partial charge in [0, 0.05) is 6.54 Å². The van der Waals surface area contributed by atoms with Crippen LogP contribution < -0.4 is 5.32 Å². The highest BCUT2D eigenvalue weighted by atomic mass is 16.3. The van der Waals surface area contributed by atoms with Crippen molar-refractivity contribution in [2.75, 3.05) is 0 Å². The maximum Gasteiger partial charge on any atom is 0.143 e. The Hall–Kier alpha value is -1.72. The molecule has 0 amide bonds. The van der Waals surface area contributed by atoms with E-state index in [1.165, 1.54) is 0 Å². The molecule has 0 saturated heterocycles. The molecule has 0 fully saturated rings. The van der Waals surface area contributed by atoms with E-state index < -0.39 is 6.23 Å². The molecule has 1 heterocycles. The lowest BCUT2D eigenvalue weighted by atomic mass is 10.2. The molecule has 3 N–H and O–H groups in total. The quantitative estimate of drug-likeness (QED) is 0.664. The molecule has 0 aliphatic heterocycles. The molecular formula is C11H13N3O2. The van der Waals surface area contributed by atoms with Gasteiger partial charge in [0.2, 0.25) is 0 Å². The molecule has 1 aromatic heterocycles. The van der Waals surface area contributed by atoms with Gasteiger partial charge in [-0.2, -0.15) is 0 Å². The Morgan fingerprint density at radius 3 is 3.00 bits per heavy atom. The van der Waals surface area contributed by atoms with Gasteiger partial charge in [0.25, 0.3) is 0 Å². The summed E-state index contributed by atoms with van der Waals surface area (Å²) in [7, 11) is 0. The minimum Gasteiger partial charge on any atom is -0.506 e. The molecule has 1 aromatic carbocycles. The number of hydrogen-bond donors (Lipinski definition) is 3. The van der Waals surface area contributed by atoms with E-state index in [-0.39, 0.29) is 5.75 Å². The summed E-state index contributed by atoms with van der Waals surface area (Å²) >= 11 is 0. The van der Waals surface area contributed by atoms with Crippen molar-refractivity contribution in [3.05, 3.63) is 30.1 Å². The maximum absolute atomic E-state index is 9.60. The fraction of sp³-hybridized carbons (Fsp3) is 0.273. The van der Waals surface area contributed by atoms with Crippen molar-refractivity contribution in [1.82, 2.24) is 15.3 Å². The van der Waals surface area contributed by atoms with Crippen LogP contribution in [0.2, 0.25) is 0 Å². The Morgan fingerprint density at radius 1 is 1.44 bits per heavy atom. The second-order valence-corrected chi connectivity index (χ2v) is 3.56. The van der Waals surface area contributed by atoms with E-state index in [4.69, 9.17) is 5.11 Å².